The van der Waals surface area contributed by atoms with Gasteiger partial charge in [-0.15, -0.1) is 6.42 Å². The maximum Gasteiger partial charge on any atom is 0.408 e. The summed E-state index contributed by atoms with van der Waals surface area (Å²) in [6.45, 7) is 17.5. The Kier molecular flexibility index (Phi) is 12.4. The highest BCUT2D eigenvalue weighted by atomic mass is 16.6. The molecule has 0 heterocycles. The molecule has 0 saturated carbocycles. The first-order valence-corrected chi connectivity index (χ1v) is 15.2. The lowest BCUT2D eigenvalue weighted by Crippen LogP contribution is -2.60. The Morgan fingerprint density at radius 1 is 0.844 bits per heavy atom. The molecule has 9 heteroatoms. The fraction of sp³-hybridized carbons (Fsp3) is 0.500. The van der Waals surface area contributed by atoms with Crippen LogP contribution in [-0.2, 0) is 30.3 Å². The first kappa shape index (κ1) is 36.9. The number of ether oxygens (including phenoxy) is 2. The van der Waals surface area contributed by atoms with Crippen LogP contribution in [-0.4, -0.2) is 57.6 Å². The van der Waals surface area contributed by atoms with E-state index in [0.717, 1.165) is 5.56 Å². The van der Waals surface area contributed by atoms with E-state index >= 15 is 0 Å². The molecule has 244 valence electrons. The summed E-state index contributed by atoms with van der Waals surface area (Å²) in [5.41, 5.74) is -0.858. The second-order valence-corrected chi connectivity index (χ2v) is 13.7. The predicted octanol–water partition coefficient (Wildman–Crippen LogP) is 5.71. The molecule has 3 amide bonds. The quantitative estimate of drug-likeness (QED) is 0.246. The van der Waals surface area contributed by atoms with Gasteiger partial charge in [0.1, 0.15) is 29.3 Å². The molecule has 2 rings (SSSR count). The highest BCUT2D eigenvalue weighted by Crippen LogP contribution is 2.34. The zero-order chi connectivity index (χ0) is 34.2. The van der Waals surface area contributed by atoms with Gasteiger partial charge in [-0.1, -0.05) is 61.4 Å². The van der Waals surface area contributed by atoms with Crippen molar-refractivity contribution in [3.05, 3.63) is 71.3 Å². The van der Waals surface area contributed by atoms with E-state index in [-0.39, 0.29) is 6.42 Å². The van der Waals surface area contributed by atoms with Crippen LogP contribution in [0.3, 0.4) is 0 Å². The summed E-state index contributed by atoms with van der Waals surface area (Å²) in [5, 5.41) is 5.50. The molecule has 45 heavy (non-hydrogen) atoms. The third kappa shape index (κ3) is 11.0. The van der Waals surface area contributed by atoms with E-state index in [1.165, 1.54) is 11.8 Å². The normalized spacial score (nSPS) is 13.8. The van der Waals surface area contributed by atoms with Crippen LogP contribution in [0.25, 0.3) is 0 Å². The molecular formula is C36H49N3O6. The van der Waals surface area contributed by atoms with Crippen molar-refractivity contribution < 1.29 is 28.7 Å². The van der Waals surface area contributed by atoms with E-state index < -0.39 is 58.7 Å². The number of rotatable bonds is 11. The molecule has 0 saturated heterocycles. The number of hydrogen-bond acceptors (Lipinski definition) is 6. The third-order valence-corrected chi connectivity index (χ3v) is 7.07. The van der Waals surface area contributed by atoms with Crippen LogP contribution in [0.4, 0.5) is 4.79 Å². The highest BCUT2D eigenvalue weighted by Gasteiger charge is 2.44. The van der Waals surface area contributed by atoms with Crippen LogP contribution in [0.5, 0.6) is 0 Å². The van der Waals surface area contributed by atoms with Gasteiger partial charge in [0.15, 0.2) is 0 Å². The molecule has 2 aromatic carbocycles. The average molecular weight is 620 g/mol. The Morgan fingerprint density at radius 2 is 1.40 bits per heavy atom. The van der Waals surface area contributed by atoms with Crippen LogP contribution < -0.4 is 10.6 Å². The molecule has 3 unspecified atom stereocenters. The van der Waals surface area contributed by atoms with E-state index in [4.69, 9.17) is 15.9 Å². The van der Waals surface area contributed by atoms with Crippen molar-refractivity contribution in [3.63, 3.8) is 0 Å². The number of amides is 3. The van der Waals surface area contributed by atoms with Gasteiger partial charge in [0.2, 0.25) is 11.8 Å². The van der Waals surface area contributed by atoms with Crippen molar-refractivity contribution in [3.8, 4) is 12.3 Å². The largest absolute Gasteiger partial charge is 0.458 e. The topological polar surface area (TPSA) is 114 Å². The van der Waals surface area contributed by atoms with E-state index in [1.807, 2.05) is 51.1 Å². The minimum atomic E-state index is -1.26. The fourth-order valence-electron chi connectivity index (χ4n) is 4.63. The summed E-state index contributed by atoms with van der Waals surface area (Å²) in [4.78, 5) is 56.4. The highest BCUT2D eigenvalue weighted by molar-refractivity contribution is 5.94. The number of terminal acetylenes is 1. The van der Waals surface area contributed by atoms with Gasteiger partial charge >= 0.3 is 12.1 Å². The van der Waals surface area contributed by atoms with Crippen LogP contribution >= 0.6 is 0 Å². The molecule has 0 fully saturated rings. The van der Waals surface area contributed by atoms with Crippen molar-refractivity contribution in [2.24, 2.45) is 0 Å². The zero-order valence-electron chi connectivity index (χ0n) is 28.3. The number of alkyl carbamates (subject to hydrolysis) is 1. The van der Waals surface area contributed by atoms with Gasteiger partial charge in [-0.25, -0.2) is 9.59 Å². The van der Waals surface area contributed by atoms with Crippen molar-refractivity contribution in [2.75, 3.05) is 0 Å². The van der Waals surface area contributed by atoms with Gasteiger partial charge < -0.3 is 25.0 Å². The minimum Gasteiger partial charge on any atom is -0.458 e. The van der Waals surface area contributed by atoms with Gasteiger partial charge in [0.05, 0.1) is 0 Å². The lowest BCUT2D eigenvalue weighted by atomic mass is 9.90. The fourth-order valence-corrected chi connectivity index (χ4v) is 4.63. The number of esters is 1. The Bertz CT molecular complexity index is 1380. The van der Waals surface area contributed by atoms with E-state index in [1.54, 1.807) is 65.8 Å². The van der Waals surface area contributed by atoms with E-state index in [9.17, 15) is 19.2 Å². The monoisotopic (exact) mass is 619 g/mol. The first-order valence-electron chi connectivity index (χ1n) is 15.2. The first-order chi connectivity index (χ1) is 20.8. The predicted molar refractivity (Wildman–Crippen MR) is 175 cm³/mol. The lowest BCUT2D eigenvalue weighted by molar-refractivity contribution is -0.159. The Labute approximate surface area is 268 Å². The molecule has 0 aliphatic carbocycles. The van der Waals surface area contributed by atoms with Gasteiger partial charge in [-0.05, 0) is 85.9 Å². The van der Waals surface area contributed by atoms with Crippen LogP contribution in [0, 0.1) is 12.3 Å². The zero-order valence-corrected chi connectivity index (χ0v) is 28.3. The minimum absolute atomic E-state index is 0.159. The standard InChI is InChI=1S/C36H49N3O6/c1-12-26-21-17-18-22-27(26)29(39(36(10,11)13-2)31(41)24(3)37-33(43)45-35(7,8)9)30(40)38-28(32(42)44-34(4,5)6)23-25-19-15-14-16-20-25/h1,14-22,24,28-29H,13,23H2,2-11H3,(H,37,43)(H,38,40). The molecule has 2 aromatic rings. The molecule has 0 aromatic heterocycles. The number of nitrogens with one attached hydrogen (secondary N) is 2. The average Bonchev–Trinajstić information content (AvgIpc) is 2.93. The van der Waals surface area contributed by atoms with Crippen molar-refractivity contribution >= 4 is 23.9 Å². The summed E-state index contributed by atoms with van der Waals surface area (Å²) < 4.78 is 11.1. The number of nitrogens with zero attached hydrogens (tertiary/aromatic N) is 1. The maximum absolute atomic E-state index is 14.5. The molecule has 0 spiro atoms. The summed E-state index contributed by atoms with van der Waals surface area (Å²) in [6.07, 6.45) is 5.73. The second-order valence-electron chi connectivity index (χ2n) is 13.7. The Hall–Kier alpha value is -4.32. The Balaban J connectivity index is 2.67. The second kappa shape index (κ2) is 15.1. The Morgan fingerprint density at radius 3 is 1.93 bits per heavy atom. The summed E-state index contributed by atoms with van der Waals surface area (Å²) >= 11 is 0. The van der Waals surface area contributed by atoms with Gasteiger partial charge in [-0.3, -0.25) is 9.59 Å². The van der Waals surface area contributed by atoms with E-state index in [2.05, 4.69) is 16.6 Å². The summed E-state index contributed by atoms with van der Waals surface area (Å²) in [6, 6.07) is 12.7. The molecule has 0 aliphatic heterocycles. The van der Waals surface area contributed by atoms with Crippen molar-refractivity contribution in [1.82, 2.24) is 15.5 Å². The van der Waals surface area contributed by atoms with Gasteiger partial charge in [-0.2, -0.15) is 0 Å². The molecule has 0 radical (unpaired) electrons. The van der Waals surface area contributed by atoms with E-state index in [0.29, 0.717) is 17.5 Å². The smallest absolute Gasteiger partial charge is 0.408 e. The lowest BCUT2D eigenvalue weighted by Gasteiger charge is -2.44. The van der Waals surface area contributed by atoms with Crippen LogP contribution in [0.2, 0.25) is 0 Å². The van der Waals surface area contributed by atoms with Crippen molar-refractivity contribution in [2.45, 2.75) is 117 Å². The molecule has 0 bridgehead atoms. The third-order valence-electron chi connectivity index (χ3n) is 7.07. The number of hydrogen-bond donors (Lipinski definition) is 2. The SMILES string of the molecule is C#Cc1ccccc1C(C(=O)NC(Cc1ccccc1)C(=O)OC(C)(C)C)N(C(=O)C(C)NC(=O)OC(C)(C)C)C(C)(C)CC. The molecule has 0 aliphatic rings. The van der Waals surface area contributed by atoms with Crippen molar-refractivity contribution in [1.29, 1.82) is 0 Å². The summed E-state index contributed by atoms with van der Waals surface area (Å²) in [7, 11) is 0. The molecule has 9 nitrogen and oxygen atoms in total. The van der Waals surface area contributed by atoms with Gasteiger partial charge in [0.25, 0.3) is 0 Å². The van der Waals surface area contributed by atoms with Crippen LogP contribution in [0.1, 0.15) is 98.4 Å². The number of carbonyl (C=O) groups is 4. The summed E-state index contributed by atoms with van der Waals surface area (Å²) in [5.74, 6) is 0.862. The molecular weight excluding hydrogens is 570 g/mol. The number of carbonyl (C=O) groups excluding carboxylic acids is 4. The maximum atomic E-state index is 14.5. The number of benzene rings is 2. The van der Waals surface area contributed by atoms with Crippen LogP contribution in [0.15, 0.2) is 54.6 Å². The molecule has 2 N–H and O–H groups in total. The molecule has 3 atom stereocenters. The van der Waals surface area contributed by atoms with Gasteiger partial charge in [0, 0.05) is 17.5 Å².